The van der Waals surface area contributed by atoms with Gasteiger partial charge in [0, 0.05) is 11.6 Å². The summed E-state index contributed by atoms with van der Waals surface area (Å²) >= 11 is 5.65. The number of aromatic nitrogens is 2. The van der Waals surface area contributed by atoms with Gasteiger partial charge < -0.3 is 4.74 Å². The van der Waals surface area contributed by atoms with Gasteiger partial charge in [0.15, 0.2) is 5.15 Å². The van der Waals surface area contributed by atoms with Crippen molar-refractivity contribution in [1.29, 1.82) is 0 Å². The zero-order valence-corrected chi connectivity index (χ0v) is 8.30. The van der Waals surface area contributed by atoms with Gasteiger partial charge >= 0.3 is 5.97 Å². The van der Waals surface area contributed by atoms with E-state index in [0.29, 0.717) is 12.2 Å². The molecule has 1 heterocycles. The summed E-state index contributed by atoms with van der Waals surface area (Å²) in [6.45, 7) is 2.00. The Morgan fingerprint density at radius 3 is 3.07 bits per heavy atom. The first-order valence-electron chi connectivity index (χ1n) is 4.03. The van der Waals surface area contributed by atoms with Crippen molar-refractivity contribution in [2.45, 2.75) is 13.3 Å². The van der Waals surface area contributed by atoms with Crippen LogP contribution in [0.3, 0.4) is 0 Å². The summed E-state index contributed by atoms with van der Waals surface area (Å²) in [7, 11) is 0. The Balaban J connectivity index is 2.80. The number of nitrogens with one attached hydrogen (secondary N) is 1. The average molecular weight is 217 g/mol. The number of rotatable bonds is 3. The van der Waals surface area contributed by atoms with E-state index in [2.05, 4.69) is 10.2 Å². The van der Waals surface area contributed by atoms with E-state index in [1.807, 2.05) is 0 Å². The van der Waals surface area contributed by atoms with Gasteiger partial charge in [0.1, 0.15) is 0 Å². The van der Waals surface area contributed by atoms with E-state index < -0.39 is 11.5 Å². The molecule has 5 nitrogen and oxygen atoms in total. The van der Waals surface area contributed by atoms with Crippen LogP contribution in [0.25, 0.3) is 0 Å². The second-order valence-electron chi connectivity index (χ2n) is 2.53. The summed E-state index contributed by atoms with van der Waals surface area (Å²) in [6, 6.07) is 1.23. The Morgan fingerprint density at radius 2 is 2.43 bits per heavy atom. The second kappa shape index (κ2) is 4.76. The van der Waals surface area contributed by atoms with Crippen LogP contribution in [0, 0.1) is 0 Å². The van der Waals surface area contributed by atoms with Gasteiger partial charge in [-0.25, -0.2) is 5.10 Å². The number of H-pyrrole nitrogens is 1. The number of hydrogen-bond donors (Lipinski definition) is 1. The summed E-state index contributed by atoms with van der Waals surface area (Å²) < 4.78 is 4.70. The van der Waals surface area contributed by atoms with Crippen molar-refractivity contribution in [3.05, 3.63) is 27.1 Å². The van der Waals surface area contributed by atoms with Gasteiger partial charge in [-0.1, -0.05) is 11.6 Å². The van der Waals surface area contributed by atoms with E-state index in [1.54, 1.807) is 6.92 Å². The Morgan fingerprint density at radius 1 is 1.71 bits per heavy atom. The number of halogens is 1. The fraction of sp³-hybridized carbons (Fsp3) is 0.375. The van der Waals surface area contributed by atoms with E-state index in [1.165, 1.54) is 6.07 Å². The monoisotopic (exact) mass is 216 g/mol. The number of ether oxygens (including phenoxy) is 1. The minimum absolute atomic E-state index is 0.0381. The highest BCUT2D eigenvalue weighted by atomic mass is 35.5. The molecule has 1 aromatic heterocycles. The smallest absolute Gasteiger partial charge is 0.310 e. The molecule has 1 rings (SSSR count). The van der Waals surface area contributed by atoms with Crippen LogP contribution in [0.15, 0.2) is 10.9 Å². The van der Waals surface area contributed by atoms with Crippen molar-refractivity contribution in [2.75, 3.05) is 6.61 Å². The number of aromatic amines is 1. The van der Waals surface area contributed by atoms with Crippen molar-refractivity contribution < 1.29 is 9.53 Å². The van der Waals surface area contributed by atoms with E-state index in [9.17, 15) is 9.59 Å². The minimum Gasteiger partial charge on any atom is -0.466 e. The molecular formula is C8H9ClN2O3. The lowest BCUT2D eigenvalue weighted by Gasteiger charge is -2.01. The lowest BCUT2D eigenvalue weighted by atomic mass is 10.2. The molecular weight excluding hydrogens is 208 g/mol. The van der Waals surface area contributed by atoms with Crippen molar-refractivity contribution in [1.82, 2.24) is 10.2 Å². The first-order valence-corrected chi connectivity index (χ1v) is 4.41. The molecule has 0 aliphatic heterocycles. The summed E-state index contributed by atoms with van der Waals surface area (Å²) in [4.78, 5) is 21.9. The van der Waals surface area contributed by atoms with E-state index in [4.69, 9.17) is 16.3 Å². The first kappa shape index (κ1) is 10.7. The predicted molar refractivity (Wildman–Crippen MR) is 50.2 cm³/mol. The molecule has 1 N–H and O–H groups in total. The van der Waals surface area contributed by atoms with Gasteiger partial charge in [-0.2, -0.15) is 5.10 Å². The summed E-state index contributed by atoms with van der Waals surface area (Å²) in [5, 5.41) is 5.78. The van der Waals surface area contributed by atoms with Crippen LogP contribution in [0.2, 0.25) is 5.15 Å². The Bertz CT molecular complexity index is 388. The molecule has 0 bridgehead atoms. The standard InChI is InChI=1S/C8H9ClN2O3/c1-2-14-7(13)4-5-3-6(12)10-11-8(5)9/h3H,2,4H2,1H3,(H,10,12). The van der Waals surface area contributed by atoms with Gasteiger partial charge in [-0.3, -0.25) is 9.59 Å². The molecule has 0 radical (unpaired) electrons. The SMILES string of the molecule is CCOC(=O)Cc1cc(=O)[nH]nc1Cl. The van der Waals surface area contributed by atoms with Crippen LogP contribution < -0.4 is 5.56 Å². The lowest BCUT2D eigenvalue weighted by molar-refractivity contribution is -0.142. The maximum atomic E-state index is 11.1. The molecule has 0 aliphatic carbocycles. The molecule has 0 aliphatic rings. The highest BCUT2D eigenvalue weighted by Gasteiger charge is 2.09. The van der Waals surface area contributed by atoms with Crippen molar-refractivity contribution in [2.24, 2.45) is 0 Å². The molecule has 0 unspecified atom stereocenters. The van der Waals surface area contributed by atoms with Crippen molar-refractivity contribution in [3.8, 4) is 0 Å². The third kappa shape index (κ3) is 2.85. The Labute approximate surface area is 85.0 Å². The topological polar surface area (TPSA) is 72.1 Å². The number of nitrogens with zero attached hydrogens (tertiary/aromatic N) is 1. The van der Waals surface area contributed by atoms with Gasteiger partial charge in [0.25, 0.3) is 5.56 Å². The first-order chi connectivity index (χ1) is 6.63. The minimum atomic E-state index is -0.429. The second-order valence-corrected chi connectivity index (χ2v) is 2.89. The van der Waals surface area contributed by atoms with Crippen LogP contribution in [0.5, 0.6) is 0 Å². The zero-order chi connectivity index (χ0) is 10.6. The van der Waals surface area contributed by atoms with E-state index >= 15 is 0 Å². The molecule has 0 atom stereocenters. The number of hydrogen-bond acceptors (Lipinski definition) is 4. The molecule has 0 aromatic carbocycles. The maximum absolute atomic E-state index is 11.1. The average Bonchev–Trinajstić information content (AvgIpc) is 2.12. The molecule has 0 fully saturated rings. The summed E-state index contributed by atoms with van der Waals surface area (Å²) in [6.07, 6.45) is -0.0381. The summed E-state index contributed by atoms with van der Waals surface area (Å²) in [5.41, 5.74) is -0.0254. The molecule has 6 heteroatoms. The highest BCUT2D eigenvalue weighted by Crippen LogP contribution is 2.09. The molecule has 76 valence electrons. The van der Waals surface area contributed by atoms with Crippen molar-refractivity contribution >= 4 is 17.6 Å². The molecule has 0 saturated carbocycles. The Kier molecular flexibility index (Phi) is 3.64. The fourth-order valence-electron chi connectivity index (χ4n) is 0.918. The van der Waals surface area contributed by atoms with Gasteiger partial charge in [0.05, 0.1) is 13.0 Å². The largest absolute Gasteiger partial charge is 0.466 e. The number of carbonyl (C=O) groups is 1. The zero-order valence-electron chi connectivity index (χ0n) is 7.54. The third-order valence-electron chi connectivity index (χ3n) is 1.47. The summed E-state index contributed by atoms with van der Waals surface area (Å²) in [5.74, 6) is -0.429. The van der Waals surface area contributed by atoms with Gasteiger partial charge in [-0.05, 0) is 6.92 Å². The Hall–Kier alpha value is -1.36. The van der Waals surface area contributed by atoms with Crippen LogP contribution in [0.4, 0.5) is 0 Å². The molecule has 0 amide bonds. The maximum Gasteiger partial charge on any atom is 0.310 e. The predicted octanol–water partition coefficient (Wildman–Crippen LogP) is 0.529. The van der Waals surface area contributed by atoms with Crippen LogP contribution in [-0.4, -0.2) is 22.8 Å². The van der Waals surface area contributed by atoms with Crippen molar-refractivity contribution in [3.63, 3.8) is 0 Å². The fourth-order valence-corrected chi connectivity index (χ4v) is 1.08. The van der Waals surface area contributed by atoms with Crippen LogP contribution in [-0.2, 0) is 16.0 Å². The highest BCUT2D eigenvalue weighted by molar-refractivity contribution is 6.30. The van der Waals surface area contributed by atoms with Gasteiger partial charge in [0.2, 0.25) is 0 Å². The van der Waals surface area contributed by atoms with Crippen LogP contribution in [0.1, 0.15) is 12.5 Å². The number of esters is 1. The van der Waals surface area contributed by atoms with Gasteiger partial charge in [-0.15, -0.1) is 0 Å². The number of carbonyl (C=O) groups excluding carboxylic acids is 1. The quantitative estimate of drug-likeness (QED) is 0.748. The normalized spacial score (nSPS) is 9.86. The third-order valence-corrected chi connectivity index (χ3v) is 1.80. The van der Waals surface area contributed by atoms with E-state index in [-0.39, 0.29) is 11.6 Å². The molecule has 1 aromatic rings. The molecule has 14 heavy (non-hydrogen) atoms. The molecule has 0 saturated heterocycles. The van der Waals surface area contributed by atoms with Crippen LogP contribution >= 0.6 is 11.6 Å². The van der Waals surface area contributed by atoms with E-state index in [0.717, 1.165) is 0 Å². The lowest BCUT2D eigenvalue weighted by Crippen LogP contribution is -2.13. The molecule has 0 spiro atoms.